The first kappa shape index (κ1) is 37.7. The van der Waals surface area contributed by atoms with E-state index < -0.39 is 24.3 Å². The Morgan fingerprint density at radius 3 is 1.44 bits per heavy atom. The highest BCUT2D eigenvalue weighted by Crippen LogP contribution is 2.34. The molecular formula is C40H46N8O6. The van der Waals surface area contributed by atoms with E-state index >= 15 is 0 Å². The standard InChI is InChI=1S/C40H46N8O6/c1-5-29(45-39(51)53-3)37(49)47-21-7-9-33(47)35-41-23-31(43-35)27-17-13-25(14-18-27)11-12-26-15-19-28(20-16-26)32-24-42-36(44-32)34-10-8-22-48(34)38(50)30(6-2)46-40(52)54-4/h13-20,23-24,29-30,33-34H,5-10,21-22H2,1-4H3,(H,41,43)(H,42,44)(H,45,51)(H,46,52)/t29-,30-,33-,34-/m0/s1. The van der Waals surface area contributed by atoms with Gasteiger partial charge in [0.15, 0.2) is 0 Å². The van der Waals surface area contributed by atoms with E-state index in [1.165, 1.54) is 14.2 Å². The highest BCUT2D eigenvalue weighted by atomic mass is 16.5. The van der Waals surface area contributed by atoms with Crippen molar-refractivity contribution in [2.24, 2.45) is 0 Å². The van der Waals surface area contributed by atoms with Crippen molar-refractivity contribution in [1.82, 2.24) is 40.4 Å². The first-order chi connectivity index (χ1) is 26.2. The van der Waals surface area contributed by atoms with Gasteiger partial charge >= 0.3 is 12.2 Å². The van der Waals surface area contributed by atoms with Crippen LogP contribution < -0.4 is 10.6 Å². The fourth-order valence-corrected chi connectivity index (χ4v) is 7.02. The third-order valence-corrected chi connectivity index (χ3v) is 10.0. The number of aromatic nitrogens is 4. The molecule has 0 bridgehead atoms. The number of hydrogen-bond acceptors (Lipinski definition) is 8. The van der Waals surface area contributed by atoms with Crippen LogP contribution in [0.1, 0.15) is 87.2 Å². The van der Waals surface area contributed by atoms with Crippen LogP contribution in [0.3, 0.4) is 0 Å². The number of alkyl carbamates (subject to hydrolysis) is 2. The van der Waals surface area contributed by atoms with E-state index in [1.54, 1.807) is 22.2 Å². The van der Waals surface area contributed by atoms with Crippen LogP contribution in [0.15, 0.2) is 60.9 Å². The topological polar surface area (TPSA) is 175 Å². The van der Waals surface area contributed by atoms with E-state index in [-0.39, 0.29) is 23.9 Å². The van der Waals surface area contributed by atoms with E-state index in [1.807, 2.05) is 62.4 Å². The summed E-state index contributed by atoms with van der Waals surface area (Å²) in [5.74, 6) is 7.62. The highest BCUT2D eigenvalue weighted by molar-refractivity contribution is 5.87. The van der Waals surface area contributed by atoms with Crippen LogP contribution in [0.2, 0.25) is 0 Å². The van der Waals surface area contributed by atoms with Gasteiger partial charge < -0.3 is 39.9 Å². The van der Waals surface area contributed by atoms with Gasteiger partial charge in [-0.3, -0.25) is 9.59 Å². The second-order valence-corrected chi connectivity index (χ2v) is 13.3. The molecule has 6 rings (SSSR count). The Morgan fingerprint density at radius 1 is 0.704 bits per heavy atom. The second kappa shape index (κ2) is 17.2. The summed E-state index contributed by atoms with van der Waals surface area (Å²) in [6, 6.07) is 14.1. The van der Waals surface area contributed by atoms with Gasteiger partial charge in [-0.2, -0.15) is 0 Å². The molecule has 14 heteroatoms. The van der Waals surface area contributed by atoms with Crippen molar-refractivity contribution >= 4 is 24.0 Å². The molecule has 0 saturated carbocycles. The van der Waals surface area contributed by atoms with Crippen molar-refractivity contribution < 1.29 is 28.7 Å². The fourth-order valence-electron chi connectivity index (χ4n) is 7.02. The summed E-state index contributed by atoms with van der Waals surface area (Å²) in [5, 5.41) is 5.27. The predicted octanol–water partition coefficient (Wildman–Crippen LogP) is 5.46. The summed E-state index contributed by atoms with van der Waals surface area (Å²) in [6.07, 6.45) is 6.49. The summed E-state index contributed by atoms with van der Waals surface area (Å²) in [5.41, 5.74) is 5.30. The zero-order valence-corrected chi connectivity index (χ0v) is 31.0. The lowest BCUT2D eigenvalue weighted by molar-refractivity contribution is -0.135. The second-order valence-electron chi connectivity index (χ2n) is 13.3. The number of ether oxygens (including phenoxy) is 2. The number of rotatable bonds is 10. The molecule has 2 aliphatic rings. The van der Waals surface area contributed by atoms with Crippen LogP contribution in [0, 0.1) is 11.8 Å². The van der Waals surface area contributed by atoms with Crippen LogP contribution in [0.4, 0.5) is 9.59 Å². The Balaban J connectivity index is 1.07. The zero-order valence-electron chi connectivity index (χ0n) is 31.0. The number of nitrogens with zero attached hydrogens (tertiary/aromatic N) is 4. The monoisotopic (exact) mass is 734 g/mol. The molecule has 0 unspecified atom stereocenters. The number of imidazole rings is 2. The van der Waals surface area contributed by atoms with E-state index in [4.69, 9.17) is 9.47 Å². The van der Waals surface area contributed by atoms with Crippen molar-refractivity contribution in [2.75, 3.05) is 27.3 Å². The van der Waals surface area contributed by atoms with Gasteiger partial charge in [0.25, 0.3) is 0 Å². The van der Waals surface area contributed by atoms with Crippen molar-refractivity contribution in [3.8, 4) is 34.4 Å². The van der Waals surface area contributed by atoms with Gasteiger partial charge in [0, 0.05) is 24.2 Å². The number of methoxy groups -OCH3 is 2. The number of aromatic amines is 2. The van der Waals surface area contributed by atoms with E-state index in [0.29, 0.717) is 37.6 Å². The van der Waals surface area contributed by atoms with Crippen LogP contribution in [-0.4, -0.2) is 93.1 Å². The molecule has 2 fully saturated rings. The maximum absolute atomic E-state index is 13.3. The molecule has 2 aromatic heterocycles. The summed E-state index contributed by atoms with van der Waals surface area (Å²) in [7, 11) is 2.56. The number of likely N-dealkylation sites (tertiary alicyclic amines) is 2. The molecule has 2 aromatic carbocycles. The molecule has 54 heavy (non-hydrogen) atoms. The minimum atomic E-state index is -0.656. The molecule has 282 valence electrons. The summed E-state index contributed by atoms with van der Waals surface area (Å²) < 4.78 is 9.39. The number of carbonyl (C=O) groups is 4. The Morgan fingerprint density at radius 2 is 1.09 bits per heavy atom. The smallest absolute Gasteiger partial charge is 0.407 e. The number of hydrogen-bond donors (Lipinski definition) is 4. The molecule has 4 heterocycles. The predicted molar refractivity (Wildman–Crippen MR) is 201 cm³/mol. The molecule has 4 atom stereocenters. The van der Waals surface area contributed by atoms with Gasteiger partial charge in [-0.15, -0.1) is 0 Å². The first-order valence-electron chi connectivity index (χ1n) is 18.4. The van der Waals surface area contributed by atoms with Crippen molar-refractivity contribution in [3.05, 3.63) is 83.7 Å². The number of nitrogens with one attached hydrogen (secondary N) is 4. The Bertz CT molecular complexity index is 1870. The number of amides is 4. The third-order valence-electron chi connectivity index (χ3n) is 10.0. The molecule has 2 saturated heterocycles. The molecule has 0 radical (unpaired) electrons. The molecule has 2 aliphatic heterocycles. The largest absolute Gasteiger partial charge is 0.453 e. The molecule has 4 aromatic rings. The van der Waals surface area contributed by atoms with Crippen LogP contribution in [0.25, 0.3) is 22.5 Å². The third kappa shape index (κ3) is 8.41. The van der Waals surface area contributed by atoms with E-state index in [9.17, 15) is 19.2 Å². The van der Waals surface area contributed by atoms with Gasteiger partial charge in [-0.25, -0.2) is 19.6 Å². The maximum atomic E-state index is 13.3. The van der Waals surface area contributed by atoms with Gasteiger partial charge in [0.2, 0.25) is 11.8 Å². The molecule has 4 N–H and O–H groups in total. The molecule has 0 aliphatic carbocycles. The lowest BCUT2D eigenvalue weighted by Crippen LogP contribution is -2.48. The van der Waals surface area contributed by atoms with Crippen LogP contribution >= 0.6 is 0 Å². The van der Waals surface area contributed by atoms with Crippen LogP contribution in [0.5, 0.6) is 0 Å². The normalized spacial score (nSPS) is 17.6. The number of benzene rings is 2. The molecular weight excluding hydrogens is 688 g/mol. The minimum Gasteiger partial charge on any atom is -0.453 e. The Hall–Kier alpha value is -6.10. The van der Waals surface area contributed by atoms with Crippen molar-refractivity contribution in [2.45, 2.75) is 76.5 Å². The average molecular weight is 735 g/mol. The zero-order chi connectivity index (χ0) is 38.2. The van der Waals surface area contributed by atoms with Gasteiger partial charge in [0.1, 0.15) is 23.7 Å². The molecule has 4 amide bonds. The first-order valence-corrected chi connectivity index (χ1v) is 18.4. The summed E-state index contributed by atoms with van der Waals surface area (Å²) in [4.78, 5) is 69.7. The lowest BCUT2D eigenvalue weighted by Gasteiger charge is -2.27. The maximum Gasteiger partial charge on any atom is 0.407 e. The van der Waals surface area contributed by atoms with E-state index in [0.717, 1.165) is 59.3 Å². The Kier molecular flexibility index (Phi) is 12.0. The van der Waals surface area contributed by atoms with Crippen molar-refractivity contribution in [1.29, 1.82) is 0 Å². The molecule has 0 spiro atoms. The number of carbonyl (C=O) groups excluding carboxylic acids is 4. The SMILES string of the molecule is CC[C@H](NC(=O)OC)C(=O)N1CCC[C@H]1c1ncc(-c2ccc(C#Cc3ccc(-c4cnc([C@@H]5CCCN5C(=O)[C@H](CC)NC(=O)OC)[nH]4)cc3)cc2)[nH]1. The Labute approximate surface area is 314 Å². The average Bonchev–Trinajstić information content (AvgIpc) is 4.04. The molecule has 14 nitrogen and oxygen atoms in total. The van der Waals surface area contributed by atoms with Crippen molar-refractivity contribution in [3.63, 3.8) is 0 Å². The lowest BCUT2D eigenvalue weighted by atomic mass is 10.1. The quantitative estimate of drug-likeness (QED) is 0.155. The van der Waals surface area contributed by atoms with Gasteiger partial charge in [0.05, 0.1) is 50.1 Å². The van der Waals surface area contributed by atoms with Crippen LogP contribution in [-0.2, 0) is 19.1 Å². The number of H-pyrrole nitrogens is 2. The minimum absolute atomic E-state index is 0.143. The highest BCUT2D eigenvalue weighted by Gasteiger charge is 2.37. The summed E-state index contributed by atoms with van der Waals surface area (Å²) in [6.45, 7) is 4.90. The van der Waals surface area contributed by atoms with E-state index in [2.05, 4.69) is 42.4 Å². The fraction of sp³-hybridized carbons (Fsp3) is 0.400. The van der Waals surface area contributed by atoms with Gasteiger partial charge in [-0.05, 0) is 73.9 Å². The van der Waals surface area contributed by atoms with Gasteiger partial charge in [-0.1, -0.05) is 50.0 Å². The summed E-state index contributed by atoms with van der Waals surface area (Å²) >= 11 is 0.